The molecule has 3 aromatic heterocycles. The van der Waals surface area contributed by atoms with Gasteiger partial charge in [0.2, 0.25) is 0 Å². The first kappa shape index (κ1) is 15.7. The highest BCUT2D eigenvalue weighted by Gasteiger charge is 2.18. The molecule has 3 heterocycles. The summed E-state index contributed by atoms with van der Waals surface area (Å²) >= 11 is 5.97. The van der Waals surface area contributed by atoms with Gasteiger partial charge in [0.05, 0.1) is 11.3 Å². The molecular formula is C17H15ClN6O. The van der Waals surface area contributed by atoms with Crippen molar-refractivity contribution in [3.63, 3.8) is 0 Å². The second kappa shape index (κ2) is 5.63. The molecule has 8 heteroatoms. The number of aromatic nitrogens is 6. The number of rotatable bonds is 2. The normalized spacial score (nSPS) is 11.7. The zero-order valence-corrected chi connectivity index (χ0v) is 14.7. The van der Waals surface area contributed by atoms with E-state index in [1.54, 1.807) is 4.52 Å². The minimum atomic E-state index is -0.226. The second-order valence-electron chi connectivity index (χ2n) is 6.13. The third-order valence-corrected chi connectivity index (χ3v) is 4.38. The first-order valence-electron chi connectivity index (χ1n) is 7.86. The van der Waals surface area contributed by atoms with Crippen LogP contribution in [0.3, 0.4) is 0 Å². The maximum atomic E-state index is 12.6. The van der Waals surface area contributed by atoms with Crippen LogP contribution >= 0.6 is 11.6 Å². The summed E-state index contributed by atoms with van der Waals surface area (Å²) in [6.07, 6.45) is 1.52. The molecule has 0 fully saturated rings. The summed E-state index contributed by atoms with van der Waals surface area (Å²) in [5.41, 5.74) is 3.49. The molecule has 0 atom stereocenters. The highest BCUT2D eigenvalue weighted by molar-refractivity contribution is 6.30. The van der Waals surface area contributed by atoms with Gasteiger partial charge in [-0.1, -0.05) is 23.7 Å². The van der Waals surface area contributed by atoms with Crippen LogP contribution in [0.4, 0.5) is 0 Å². The number of aryl methyl sites for hydroxylation is 1. The molecule has 0 N–H and O–H groups in total. The third-order valence-electron chi connectivity index (χ3n) is 4.12. The van der Waals surface area contributed by atoms with Crippen molar-refractivity contribution in [3.05, 3.63) is 51.7 Å². The Labute approximate surface area is 147 Å². The molecule has 7 nitrogen and oxygen atoms in total. The minimum Gasteiger partial charge on any atom is -0.295 e. The van der Waals surface area contributed by atoms with Crippen LogP contribution in [0.1, 0.15) is 25.6 Å². The van der Waals surface area contributed by atoms with Crippen molar-refractivity contribution in [2.24, 2.45) is 0 Å². The second-order valence-corrected chi connectivity index (χ2v) is 6.56. The monoisotopic (exact) mass is 354 g/mol. The van der Waals surface area contributed by atoms with E-state index in [-0.39, 0.29) is 17.1 Å². The predicted molar refractivity (Wildman–Crippen MR) is 95.9 cm³/mol. The van der Waals surface area contributed by atoms with Crippen LogP contribution in [0.2, 0.25) is 5.02 Å². The quantitative estimate of drug-likeness (QED) is 0.553. The Hall–Kier alpha value is -2.80. The molecule has 4 rings (SSSR count). The molecule has 126 valence electrons. The first-order chi connectivity index (χ1) is 12.0. The molecule has 25 heavy (non-hydrogen) atoms. The third kappa shape index (κ3) is 2.39. The van der Waals surface area contributed by atoms with Gasteiger partial charge in [-0.15, -0.1) is 10.2 Å². The molecule has 0 saturated carbocycles. The Balaban J connectivity index is 2.04. The van der Waals surface area contributed by atoms with Crippen LogP contribution in [0.15, 0.2) is 35.4 Å². The highest BCUT2D eigenvalue weighted by atomic mass is 35.5. The van der Waals surface area contributed by atoms with E-state index >= 15 is 0 Å². The average Bonchev–Trinajstić information content (AvgIpc) is 2.92. The molecule has 0 amide bonds. The van der Waals surface area contributed by atoms with Crippen molar-refractivity contribution >= 4 is 28.4 Å². The van der Waals surface area contributed by atoms with Crippen LogP contribution in [-0.4, -0.2) is 29.4 Å². The van der Waals surface area contributed by atoms with Crippen molar-refractivity contribution < 1.29 is 0 Å². The molecule has 0 radical (unpaired) electrons. The molecular weight excluding hydrogens is 340 g/mol. The summed E-state index contributed by atoms with van der Waals surface area (Å²) in [4.78, 5) is 17.0. The van der Waals surface area contributed by atoms with E-state index in [4.69, 9.17) is 11.6 Å². The van der Waals surface area contributed by atoms with E-state index in [2.05, 4.69) is 20.3 Å². The lowest BCUT2D eigenvalue weighted by atomic mass is 10.1. The van der Waals surface area contributed by atoms with Gasteiger partial charge in [-0.25, -0.2) is 4.98 Å². The summed E-state index contributed by atoms with van der Waals surface area (Å²) in [6, 6.07) is 7.43. The molecule has 0 spiro atoms. The zero-order valence-electron chi connectivity index (χ0n) is 13.9. The lowest BCUT2D eigenvalue weighted by Gasteiger charge is -2.09. The van der Waals surface area contributed by atoms with E-state index in [9.17, 15) is 4.79 Å². The standard InChI is InChI=1S/C17H15ClN6O/c1-9(2)23-8-19-16-14(17(23)25)20-21-15-13(10(3)22-24(15)16)11-4-6-12(18)7-5-11/h4-9H,1-3H3. The summed E-state index contributed by atoms with van der Waals surface area (Å²) in [7, 11) is 0. The van der Waals surface area contributed by atoms with Gasteiger partial charge in [0.15, 0.2) is 16.8 Å². The van der Waals surface area contributed by atoms with Crippen LogP contribution < -0.4 is 5.56 Å². The largest absolute Gasteiger partial charge is 0.295 e. The first-order valence-corrected chi connectivity index (χ1v) is 8.24. The Bertz CT molecular complexity index is 1160. The number of nitrogens with zero attached hydrogens (tertiary/aromatic N) is 6. The Kier molecular flexibility index (Phi) is 3.54. The van der Waals surface area contributed by atoms with Gasteiger partial charge in [0.1, 0.15) is 6.33 Å². The minimum absolute atomic E-state index is 0.00844. The summed E-state index contributed by atoms with van der Waals surface area (Å²) in [6.45, 7) is 5.72. The number of fused-ring (bicyclic) bond motifs is 3. The Morgan fingerprint density at radius 2 is 1.80 bits per heavy atom. The summed E-state index contributed by atoms with van der Waals surface area (Å²) in [5.74, 6) is 0. The van der Waals surface area contributed by atoms with Gasteiger partial charge in [0.25, 0.3) is 5.56 Å². The summed E-state index contributed by atoms with van der Waals surface area (Å²) in [5, 5.41) is 13.6. The molecule has 4 aromatic rings. The predicted octanol–water partition coefficient (Wildman–Crippen LogP) is 3.04. The molecule has 0 saturated heterocycles. The molecule has 0 aliphatic rings. The smallest absolute Gasteiger partial charge is 0.283 e. The van der Waals surface area contributed by atoms with Gasteiger partial charge in [-0.2, -0.15) is 9.61 Å². The molecule has 0 bridgehead atoms. The topological polar surface area (TPSA) is 78.0 Å². The number of hydrogen-bond acceptors (Lipinski definition) is 5. The van der Waals surface area contributed by atoms with Crippen LogP contribution in [0, 0.1) is 6.92 Å². The van der Waals surface area contributed by atoms with Gasteiger partial charge in [-0.3, -0.25) is 9.36 Å². The van der Waals surface area contributed by atoms with Crippen LogP contribution in [0.5, 0.6) is 0 Å². The zero-order chi connectivity index (χ0) is 17.7. The maximum Gasteiger partial charge on any atom is 0.283 e. The van der Waals surface area contributed by atoms with Crippen molar-refractivity contribution in [1.82, 2.24) is 29.4 Å². The van der Waals surface area contributed by atoms with E-state index in [0.717, 1.165) is 16.8 Å². The van der Waals surface area contributed by atoms with Crippen molar-refractivity contribution in [3.8, 4) is 11.1 Å². The van der Waals surface area contributed by atoms with Crippen molar-refractivity contribution in [2.45, 2.75) is 26.8 Å². The molecule has 0 aliphatic heterocycles. The highest BCUT2D eigenvalue weighted by Crippen LogP contribution is 2.28. The SMILES string of the molecule is Cc1nn2c(nnc3c(=O)n(C(C)C)cnc32)c1-c1ccc(Cl)cc1. The average molecular weight is 355 g/mol. The van der Waals surface area contributed by atoms with Gasteiger partial charge < -0.3 is 0 Å². The fourth-order valence-electron chi connectivity index (χ4n) is 2.87. The van der Waals surface area contributed by atoms with Crippen molar-refractivity contribution in [1.29, 1.82) is 0 Å². The van der Waals surface area contributed by atoms with Crippen LogP contribution in [0.25, 0.3) is 27.9 Å². The number of benzene rings is 1. The lowest BCUT2D eigenvalue weighted by Crippen LogP contribution is -2.24. The van der Waals surface area contributed by atoms with E-state index < -0.39 is 0 Å². The fourth-order valence-corrected chi connectivity index (χ4v) is 2.99. The Morgan fingerprint density at radius 3 is 2.48 bits per heavy atom. The Morgan fingerprint density at radius 1 is 1.08 bits per heavy atom. The summed E-state index contributed by atoms with van der Waals surface area (Å²) < 4.78 is 3.10. The molecule has 1 aromatic carbocycles. The fraction of sp³-hybridized carbons (Fsp3) is 0.235. The van der Waals surface area contributed by atoms with Gasteiger partial charge >= 0.3 is 0 Å². The molecule has 0 aliphatic carbocycles. The molecule has 0 unspecified atom stereocenters. The van der Waals surface area contributed by atoms with Gasteiger partial charge in [0, 0.05) is 11.1 Å². The van der Waals surface area contributed by atoms with E-state index in [1.165, 1.54) is 10.9 Å². The van der Waals surface area contributed by atoms with Crippen LogP contribution in [-0.2, 0) is 0 Å². The number of halogens is 1. The van der Waals surface area contributed by atoms with E-state index in [0.29, 0.717) is 16.3 Å². The van der Waals surface area contributed by atoms with Gasteiger partial charge in [-0.05, 0) is 38.5 Å². The van der Waals surface area contributed by atoms with E-state index in [1.807, 2.05) is 45.0 Å². The maximum absolute atomic E-state index is 12.6. The number of hydrogen-bond donors (Lipinski definition) is 0. The lowest BCUT2D eigenvalue weighted by molar-refractivity contribution is 0.570. The van der Waals surface area contributed by atoms with Crippen molar-refractivity contribution in [2.75, 3.05) is 0 Å².